The van der Waals surface area contributed by atoms with Crippen LogP contribution >= 0.6 is 0 Å². The second kappa shape index (κ2) is 11.5. The summed E-state index contributed by atoms with van der Waals surface area (Å²) < 4.78 is 27.1. The molecule has 0 unspecified atom stereocenters. The molecule has 0 rings (SSSR count). The van der Waals surface area contributed by atoms with Crippen molar-refractivity contribution in [2.24, 2.45) is 10.8 Å². The van der Waals surface area contributed by atoms with Crippen LogP contribution in [0.25, 0.3) is 0 Å². The van der Waals surface area contributed by atoms with Crippen LogP contribution in [-0.4, -0.2) is 34.5 Å². The monoisotopic (exact) mass is 378 g/mol. The molecule has 0 aromatic carbocycles. The first-order valence-corrected chi connectivity index (χ1v) is 9.65. The van der Waals surface area contributed by atoms with E-state index in [1.54, 1.807) is 27.7 Å². The number of halogens is 2. The van der Waals surface area contributed by atoms with Crippen molar-refractivity contribution in [1.29, 1.82) is 0 Å². The Morgan fingerprint density at radius 1 is 0.654 bits per heavy atom. The van der Waals surface area contributed by atoms with Gasteiger partial charge in [0, 0.05) is 10.8 Å². The average Bonchev–Trinajstić information content (AvgIpc) is 2.54. The van der Waals surface area contributed by atoms with Crippen LogP contribution in [0.1, 0.15) is 91.9 Å². The van der Waals surface area contributed by atoms with Crippen molar-refractivity contribution >= 4 is 11.9 Å². The Hall–Kier alpha value is -1.20. The zero-order valence-electron chi connectivity index (χ0n) is 16.7. The van der Waals surface area contributed by atoms with Gasteiger partial charge in [0.1, 0.15) is 0 Å². The van der Waals surface area contributed by atoms with E-state index in [9.17, 15) is 18.4 Å². The molecule has 0 fully saturated rings. The van der Waals surface area contributed by atoms with Crippen LogP contribution in [0.2, 0.25) is 0 Å². The second-order valence-corrected chi connectivity index (χ2v) is 8.71. The van der Waals surface area contributed by atoms with Crippen molar-refractivity contribution in [1.82, 2.24) is 0 Å². The van der Waals surface area contributed by atoms with E-state index in [2.05, 4.69) is 0 Å². The second-order valence-electron chi connectivity index (χ2n) is 8.71. The van der Waals surface area contributed by atoms with Gasteiger partial charge >= 0.3 is 11.9 Å². The SMILES string of the molecule is CC(C)(CCCCCCCCCCC(C)(C)[C@H](F)C(=O)O)[C@H](F)C(=O)O. The van der Waals surface area contributed by atoms with E-state index in [4.69, 9.17) is 10.2 Å². The third kappa shape index (κ3) is 9.48. The van der Waals surface area contributed by atoms with E-state index in [0.717, 1.165) is 51.4 Å². The maximum Gasteiger partial charge on any atom is 0.338 e. The molecule has 26 heavy (non-hydrogen) atoms. The van der Waals surface area contributed by atoms with Gasteiger partial charge in [-0.25, -0.2) is 18.4 Å². The quantitative estimate of drug-likeness (QED) is 0.354. The van der Waals surface area contributed by atoms with Crippen molar-refractivity contribution in [3.8, 4) is 0 Å². The third-order valence-electron chi connectivity index (χ3n) is 5.20. The van der Waals surface area contributed by atoms with E-state index in [1.807, 2.05) is 0 Å². The smallest absolute Gasteiger partial charge is 0.338 e. The number of hydrogen-bond acceptors (Lipinski definition) is 2. The largest absolute Gasteiger partial charge is 0.479 e. The molecular formula is C20H36F2O4. The molecule has 2 N–H and O–H groups in total. The Kier molecular flexibility index (Phi) is 11.0. The molecule has 0 bridgehead atoms. The standard InChI is InChI=1S/C20H36F2O4/c1-19(2,15(21)17(23)24)13-11-9-7-5-6-8-10-12-14-20(3,4)16(22)18(25)26/h15-16H,5-14H2,1-4H3,(H,23,24)(H,25,26)/t15-,16-/m1/s1. The predicted molar refractivity (Wildman–Crippen MR) is 98.8 cm³/mol. The highest BCUT2D eigenvalue weighted by Crippen LogP contribution is 2.31. The van der Waals surface area contributed by atoms with Crippen LogP contribution < -0.4 is 0 Å². The summed E-state index contributed by atoms with van der Waals surface area (Å²) >= 11 is 0. The first-order valence-electron chi connectivity index (χ1n) is 9.65. The molecule has 0 amide bonds. The fourth-order valence-electron chi connectivity index (χ4n) is 3.14. The molecule has 0 aromatic heterocycles. The van der Waals surface area contributed by atoms with E-state index >= 15 is 0 Å². The molecule has 0 aromatic rings. The predicted octanol–water partition coefficient (Wildman–Crippen LogP) is 5.79. The lowest BCUT2D eigenvalue weighted by Crippen LogP contribution is -2.32. The van der Waals surface area contributed by atoms with Crippen molar-refractivity contribution in [2.75, 3.05) is 0 Å². The van der Waals surface area contributed by atoms with Gasteiger partial charge < -0.3 is 10.2 Å². The van der Waals surface area contributed by atoms with Gasteiger partial charge in [-0.15, -0.1) is 0 Å². The maximum absolute atomic E-state index is 13.6. The fraction of sp³-hybridized carbons (Fsp3) is 0.900. The molecule has 6 heteroatoms. The first kappa shape index (κ1) is 24.8. The van der Waals surface area contributed by atoms with Crippen molar-refractivity contribution in [3.05, 3.63) is 0 Å². The van der Waals surface area contributed by atoms with Crippen LogP contribution in [0.5, 0.6) is 0 Å². The highest BCUT2D eigenvalue weighted by atomic mass is 19.1. The molecule has 0 saturated carbocycles. The molecular weight excluding hydrogens is 342 g/mol. The van der Waals surface area contributed by atoms with Gasteiger partial charge in [0.25, 0.3) is 0 Å². The number of carbonyl (C=O) groups is 2. The molecule has 2 atom stereocenters. The summed E-state index contributed by atoms with van der Waals surface area (Å²) in [5.41, 5.74) is -1.66. The molecule has 0 heterocycles. The zero-order chi connectivity index (χ0) is 20.4. The van der Waals surface area contributed by atoms with E-state index in [1.165, 1.54) is 0 Å². The summed E-state index contributed by atoms with van der Waals surface area (Å²) in [6, 6.07) is 0. The maximum atomic E-state index is 13.6. The topological polar surface area (TPSA) is 74.6 Å². The summed E-state index contributed by atoms with van der Waals surface area (Å²) in [4.78, 5) is 21.4. The van der Waals surface area contributed by atoms with E-state index < -0.39 is 35.1 Å². The molecule has 4 nitrogen and oxygen atoms in total. The van der Waals surface area contributed by atoms with Gasteiger partial charge in [-0.05, 0) is 12.8 Å². The molecule has 0 saturated heterocycles. The van der Waals surface area contributed by atoms with Crippen molar-refractivity contribution in [3.63, 3.8) is 0 Å². The number of hydrogen-bond donors (Lipinski definition) is 2. The van der Waals surface area contributed by atoms with Crippen LogP contribution in [0.4, 0.5) is 8.78 Å². The zero-order valence-corrected chi connectivity index (χ0v) is 16.7. The Labute approximate surface area is 156 Å². The molecule has 0 spiro atoms. The molecule has 0 aliphatic rings. The van der Waals surface area contributed by atoms with Gasteiger partial charge in [-0.3, -0.25) is 0 Å². The number of unbranched alkanes of at least 4 members (excludes halogenated alkanes) is 7. The summed E-state index contributed by atoms with van der Waals surface area (Å²) in [6.07, 6.45) is 5.26. The first-order chi connectivity index (χ1) is 11.9. The molecule has 154 valence electrons. The van der Waals surface area contributed by atoms with Gasteiger partial charge in [0.2, 0.25) is 12.3 Å². The number of rotatable bonds is 15. The average molecular weight is 379 g/mol. The Bertz CT molecular complexity index is 396. The fourth-order valence-corrected chi connectivity index (χ4v) is 3.14. The van der Waals surface area contributed by atoms with Gasteiger partial charge in [0.15, 0.2) is 0 Å². The normalized spacial score (nSPS) is 14.8. The minimum atomic E-state index is -1.82. The Balaban J connectivity index is 3.69. The highest BCUT2D eigenvalue weighted by Gasteiger charge is 2.35. The third-order valence-corrected chi connectivity index (χ3v) is 5.20. The van der Waals surface area contributed by atoms with Crippen LogP contribution in [0.15, 0.2) is 0 Å². The lowest BCUT2D eigenvalue weighted by molar-refractivity contribution is -0.148. The van der Waals surface area contributed by atoms with Gasteiger partial charge in [-0.1, -0.05) is 79.1 Å². The molecule has 0 aliphatic heterocycles. The van der Waals surface area contributed by atoms with Crippen molar-refractivity contribution in [2.45, 2.75) is 104 Å². The molecule has 0 aliphatic carbocycles. The van der Waals surface area contributed by atoms with Gasteiger partial charge in [-0.2, -0.15) is 0 Å². The molecule has 0 radical (unpaired) electrons. The number of aliphatic carboxylic acids is 2. The van der Waals surface area contributed by atoms with E-state index in [0.29, 0.717) is 12.8 Å². The number of carboxylic acids is 2. The Morgan fingerprint density at radius 2 is 0.885 bits per heavy atom. The van der Waals surface area contributed by atoms with Gasteiger partial charge in [0.05, 0.1) is 0 Å². The summed E-state index contributed by atoms with van der Waals surface area (Å²) in [5, 5.41) is 17.5. The van der Waals surface area contributed by atoms with Crippen LogP contribution in [0.3, 0.4) is 0 Å². The number of carboxylic acid groups (broad SMARTS) is 2. The lowest BCUT2D eigenvalue weighted by Gasteiger charge is -2.26. The van der Waals surface area contributed by atoms with E-state index in [-0.39, 0.29) is 0 Å². The summed E-state index contributed by atoms with van der Waals surface area (Å²) in [5.74, 6) is -2.78. The van der Waals surface area contributed by atoms with Crippen LogP contribution in [-0.2, 0) is 9.59 Å². The minimum Gasteiger partial charge on any atom is -0.479 e. The van der Waals surface area contributed by atoms with Crippen molar-refractivity contribution < 1.29 is 28.6 Å². The van der Waals surface area contributed by atoms with Crippen LogP contribution in [0, 0.1) is 10.8 Å². The highest BCUT2D eigenvalue weighted by molar-refractivity contribution is 5.73. The summed E-state index contributed by atoms with van der Waals surface area (Å²) in [7, 11) is 0. The summed E-state index contributed by atoms with van der Waals surface area (Å²) in [6.45, 7) is 6.61. The minimum absolute atomic E-state index is 0.559. The Morgan fingerprint density at radius 3 is 1.12 bits per heavy atom. The number of alkyl halides is 2. The lowest BCUT2D eigenvalue weighted by atomic mass is 9.82.